The third-order valence-electron chi connectivity index (χ3n) is 3.01. The topological polar surface area (TPSA) is 29.5 Å². The molecule has 1 aliphatic carbocycles. The van der Waals surface area contributed by atoms with E-state index in [2.05, 4.69) is 15.9 Å². The zero-order chi connectivity index (χ0) is 11.0. The SMILES string of the molecule is COc1cc(C)c(Br)c2c1CCC[C@H]2O. The lowest BCUT2D eigenvalue weighted by Crippen LogP contribution is -2.12. The lowest BCUT2D eigenvalue weighted by atomic mass is 9.87. The first-order chi connectivity index (χ1) is 7.15. The summed E-state index contributed by atoms with van der Waals surface area (Å²) < 4.78 is 6.40. The van der Waals surface area contributed by atoms with E-state index in [1.165, 1.54) is 0 Å². The summed E-state index contributed by atoms with van der Waals surface area (Å²) in [5.74, 6) is 0.907. The molecule has 82 valence electrons. The first-order valence-corrected chi connectivity index (χ1v) is 5.98. The van der Waals surface area contributed by atoms with Crippen LogP contribution in [0.5, 0.6) is 5.75 Å². The Morgan fingerprint density at radius 1 is 1.53 bits per heavy atom. The molecule has 0 unspecified atom stereocenters. The van der Waals surface area contributed by atoms with Crippen molar-refractivity contribution >= 4 is 15.9 Å². The van der Waals surface area contributed by atoms with Crippen molar-refractivity contribution in [3.8, 4) is 5.75 Å². The Kier molecular flexibility index (Phi) is 3.03. The van der Waals surface area contributed by atoms with E-state index in [9.17, 15) is 5.11 Å². The molecule has 1 aromatic carbocycles. The maximum Gasteiger partial charge on any atom is 0.122 e. The number of benzene rings is 1. The number of rotatable bonds is 1. The maximum absolute atomic E-state index is 10.0. The summed E-state index contributed by atoms with van der Waals surface area (Å²) in [6, 6.07) is 2.03. The highest BCUT2D eigenvalue weighted by atomic mass is 79.9. The Labute approximate surface area is 98.4 Å². The molecule has 0 aromatic heterocycles. The average molecular weight is 271 g/mol. The van der Waals surface area contributed by atoms with Crippen LogP contribution in [0.4, 0.5) is 0 Å². The van der Waals surface area contributed by atoms with Gasteiger partial charge >= 0.3 is 0 Å². The fourth-order valence-corrected chi connectivity index (χ4v) is 2.85. The van der Waals surface area contributed by atoms with E-state index in [4.69, 9.17) is 4.74 Å². The van der Waals surface area contributed by atoms with E-state index in [1.807, 2.05) is 13.0 Å². The van der Waals surface area contributed by atoms with E-state index in [0.29, 0.717) is 0 Å². The highest BCUT2D eigenvalue weighted by Gasteiger charge is 2.24. The molecule has 0 aliphatic heterocycles. The van der Waals surface area contributed by atoms with Crippen LogP contribution in [0.3, 0.4) is 0 Å². The molecule has 0 fully saturated rings. The van der Waals surface area contributed by atoms with Gasteiger partial charge in [0.15, 0.2) is 0 Å². The largest absolute Gasteiger partial charge is 0.496 e. The van der Waals surface area contributed by atoms with Gasteiger partial charge in [-0.3, -0.25) is 0 Å². The number of methoxy groups -OCH3 is 1. The highest BCUT2D eigenvalue weighted by molar-refractivity contribution is 9.10. The second-order valence-corrected chi connectivity index (χ2v) is 4.80. The average Bonchev–Trinajstić information content (AvgIpc) is 2.23. The summed E-state index contributed by atoms with van der Waals surface area (Å²) >= 11 is 3.55. The molecule has 2 nitrogen and oxygen atoms in total. The fourth-order valence-electron chi connectivity index (χ4n) is 2.23. The third kappa shape index (κ3) is 1.79. The standard InChI is InChI=1S/C12H15BrO2/c1-7-6-10(15-2)8-4-3-5-9(14)11(8)12(7)13/h6,9,14H,3-5H2,1-2H3/t9-/m1/s1. The summed E-state index contributed by atoms with van der Waals surface area (Å²) in [5.41, 5.74) is 3.30. The molecule has 0 saturated heterocycles. The molecule has 2 rings (SSSR count). The number of fused-ring (bicyclic) bond motifs is 1. The third-order valence-corrected chi connectivity index (χ3v) is 4.06. The summed E-state index contributed by atoms with van der Waals surface area (Å²) in [6.45, 7) is 2.02. The molecule has 1 aliphatic rings. The van der Waals surface area contributed by atoms with Crippen molar-refractivity contribution in [1.29, 1.82) is 0 Å². The van der Waals surface area contributed by atoms with E-state index in [0.717, 1.165) is 46.2 Å². The van der Waals surface area contributed by atoms with Crippen molar-refractivity contribution in [1.82, 2.24) is 0 Å². The van der Waals surface area contributed by atoms with E-state index in [1.54, 1.807) is 7.11 Å². The van der Waals surface area contributed by atoms with Gasteiger partial charge in [-0.05, 0) is 37.8 Å². The van der Waals surface area contributed by atoms with Crippen molar-refractivity contribution in [2.24, 2.45) is 0 Å². The second kappa shape index (κ2) is 4.14. The summed E-state index contributed by atoms with van der Waals surface area (Å²) in [7, 11) is 1.68. The number of aryl methyl sites for hydroxylation is 1. The zero-order valence-electron chi connectivity index (χ0n) is 9.01. The Hall–Kier alpha value is -0.540. The van der Waals surface area contributed by atoms with Gasteiger partial charge in [-0.15, -0.1) is 0 Å². The monoisotopic (exact) mass is 270 g/mol. The van der Waals surface area contributed by atoms with Crippen molar-refractivity contribution in [3.63, 3.8) is 0 Å². The van der Waals surface area contributed by atoms with Crippen molar-refractivity contribution < 1.29 is 9.84 Å². The first kappa shape index (κ1) is 11.0. The van der Waals surface area contributed by atoms with E-state index in [-0.39, 0.29) is 6.10 Å². The molecule has 0 radical (unpaired) electrons. The van der Waals surface area contributed by atoms with Gasteiger partial charge in [0, 0.05) is 15.6 Å². The van der Waals surface area contributed by atoms with Gasteiger partial charge in [0.2, 0.25) is 0 Å². The molecule has 1 atom stereocenters. The van der Waals surface area contributed by atoms with Crippen LogP contribution in [-0.2, 0) is 6.42 Å². The molecule has 0 spiro atoms. The zero-order valence-corrected chi connectivity index (χ0v) is 10.6. The predicted octanol–water partition coefficient (Wildman–Crippen LogP) is 3.14. The molecular formula is C12H15BrO2. The molecule has 0 saturated carbocycles. The molecule has 0 bridgehead atoms. The smallest absolute Gasteiger partial charge is 0.122 e. The molecular weight excluding hydrogens is 256 g/mol. The number of aliphatic hydroxyl groups is 1. The van der Waals surface area contributed by atoms with Crippen LogP contribution in [0, 0.1) is 6.92 Å². The Balaban J connectivity index is 2.65. The van der Waals surface area contributed by atoms with Gasteiger partial charge in [-0.1, -0.05) is 15.9 Å². The number of aliphatic hydroxyl groups excluding tert-OH is 1. The number of ether oxygens (including phenoxy) is 1. The molecule has 1 aromatic rings. The summed E-state index contributed by atoms with van der Waals surface area (Å²) in [5, 5.41) is 10.0. The molecule has 1 N–H and O–H groups in total. The Morgan fingerprint density at radius 2 is 2.27 bits per heavy atom. The van der Waals surface area contributed by atoms with Gasteiger partial charge in [0.1, 0.15) is 5.75 Å². The molecule has 0 heterocycles. The summed E-state index contributed by atoms with van der Waals surface area (Å²) in [6.07, 6.45) is 2.52. The normalized spacial score (nSPS) is 19.9. The van der Waals surface area contributed by atoms with Gasteiger partial charge < -0.3 is 9.84 Å². The van der Waals surface area contributed by atoms with Crippen LogP contribution in [0.2, 0.25) is 0 Å². The van der Waals surface area contributed by atoms with Gasteiger partial charge in [-0.25, -0.2) is 0 Å². The van der Waals surface area contributed by atoms with E-state index < -0.39 is 0 Å². The number of halogens is 1. The maximum atomic E-state index is 10.0. The van der Waals surface area contributed by atoms with Crippen molar-refractivity contribution in [2.45, 2.75) is 32.3 Å². The molecule has 15 heavy (non-hydrogen) atoms. The number of hydrogen-bond acceptors (Lipinski definition) is 2. The van der Waals surface area contributed by atoms with Crippen LogP contribution in [0.15, 0.2) is 10.5 Å². The highest BCUT2D eigenvalue weighted by Crippen LogP contribution is 2.41. The Morgan fingerprint density at radius 3 is 2.93 bits per heavy atom. The van der Waals surface area contributed by atoms with Gasteiger partial charge in [0.25, 0.3) is 0 Å². The minimum atomic E-state index is -0.350. The van der Waals surface area contributed by atoms with Gasteiger partial charge in [-0.2, -0.15) is 0 Å². The Bertz CT molecular complexity index is 388. The lowest BCUT2D eigenvalue weighted by molar-refractivity contribution is 0.154. The second-order valence-electron chi connectivity index (χ2n) is 4.01. The van der Waals surface area contributed by atoms with Crippen LogP contribution in [-0.4, -0.2) is 12.2 Å². The van der Waals surface area contributed by atoms with Crippen LogP contribution < -0.4 is 4.74 Å². The number of hydrogen-bond donors (Lipinski definition) is 1. The van der Waals surface area contributed by atoms with Crippen LogP contribution in [0.25, 0.3) is 0 Å². The van der Waals surface area contributed by atoms with Crippen LogP contribution >= 0.6 is 15.9 Å². The minimum absolute atomic E-state index is 0.350. The first-order valence-electron chi connectivity index (χ1n) is 5.19. The minimum Gasteiger partial charge on any atom is -0.496 e. The van der Waals surface area contributed by atoms with Crippen molar-refractivity contribution in [2.75, 3.05) is 7.11 Å². The van der Waals surface area contributed by atoms with Gasteiger partial charge in [0.05, 0.1) is 13.2 Å². The van der Waals surface area contributed by atoms with E-state index >= 15 is 0 Å². The predicted molar refractivity (Wildman–Crippen MR) is 63.3 cm³/mol. The molecule has 0 amide bonds. The van der Waals surface area contributed by atoms with Crippen LogP contribution in [0.1, 0.15) is 35.6 Å². The quantitative estimate of drug-likeness (QED) is 0.850. The molecule has 3 heteroatoms. The fraction of sp³-hybridized carbons (Fsp3) is 0.500. The summed E-state index contributed by atoms with van der Waals surface area (Å²) in [4.78, 5) is 0. The van der Waals surface area contributed by atoms with Crippen molar-refractivity contribution in [3.05, 3.63) is 27.2 Å². The lowest BCUT2D eigenvalue weighted by Gasteiger charge is -2.25.